The molecule has 96 valence electrons. The van der Waals surface area contributed by atoms with Gasteiger partial charge in [0.15, 0.2) is 0 Å². The van der Waals surface area contributed by atoms with Crippen LogP contribution in [0.3, 0.4) is 0 Å². The van der Waals surface area contributed by atoms with E-state index in [-0.39, 0.29) is 5.91 Å². The van der Waals surface area contributed by atoms with Crippen molar-refractivity contribution in [3.05, 3.63) is 12.2 Å². The number of carbonyl (C=O) groups excluding carboxylic acids is 1. The lowest BCUT2D eigenvalue weighted by Crippen LogP contribution is -2.31. The number of carbonyl (C=O) groups is 1. The molecular weight excluding hydrogens is 218 g/mol. The summed E-state index contributed by atoms with van der Waals surface area (Å²) >= 11 is 0. The van der Waals surface area contributed by atoms with Gasteiger partial charge in [-0.1, -0.05) is 6.58 Å². The molecule has 4 nitrogen and oxygen atoms in total. The van der Waals surface area contributed by atoms with Crippen molar-refractivity contribution < 1.29 is 14.3 Å². The van der Waals surface area contributed by atoms with E-state index in [1.54, 1.807) is 18.9 Å². The topological polar surface area (TPSA) is 42.1 Å². The highest BCUT2D eigenvalue weighted by Gasteiger charge is 2.43. The maximum absolute atomic E-state index is 11.5. The Balaban J connectivity index is 1.62. The van der Waals surface area contributed by atoms with Crippen LogP contribution >= 0.6 is 0 Å². The second-order valence-electron chi connectivity index (χ2n) is 5.18. The van der Waals surface area contributed by atoms with E-state index in [0.29, 0.717) is 30.4 Å². The summed E-state index contributed by atoms with van der Waals surface area (Å²) < 4.78 is 11.1. The number of epoxide rings is 1. The number of ether oxygens (including phenoxy) is 2. The van der Waals surface area contributed by atoms with Crippen molar-refractivity contribution in [1.29, 1.82) is 0 Å². The molecule has 1 aliphatic heterocycles. The molecule has 2 fully saturated rings. The van der Waals surface area contributed by atoms with E-state index in [0.717, 1.165) is 13.0 Å². The molecule has 0 bridgehead atoms. The van der Waals surface area contributed by atoms with E-state index in [2.05, 4.69) is 6.58 Å². The second-order valence-corrected chi connectivity index (χ2v) is 5.18. The fraction of sp³-hybridized carbons (Fsp3) is 0.769. The van der Waals surface area contributed by atoms with E-state index in [1.807, 2.05) is 0 Å². The molecule has 4 heteroatoms. The Hall–Kier alpha value is -0.870. The highest BCUT2D eigenvalue weighted by atomic mass is 16.6. The first-order valence-corrected chi connectivity index (χ1v) is 6.22. The Labute approximate surface area is 103 Å². The van der Waals surface area contributed by atoms with Gasteiger partial charge in [0, 0.05) is 12.6 Å². The molecule has 2 aliphatic rings. The van der Waals surface area contributed by atoms with Crippen LogP contribution in [-0.2, 0) is 14.3 Å². The van der Waals surface area contributed by atoms with Gasteiger partial charge in [-0.3, -0.25) is 4.79 Å². The van der Waals surface area contributed by atoms with Crippen molar-refractivity contribution in [2.75, 3.05) is 20.4 Å². The third-order valence-electron chi connectivity index (χ3n) is 3.46. The van der Waals surface area contributed by atoms with Gasteiger partial charge in [0.1, 0.15) is 6.73 Å². The van der Waals surface area contributed by atoms with Crippen LogP contribution in [0.15, 0.2) is 12.2 Å². The molecule has 1 saturated carbocycles. The fourth-order valence-corrected chi connectivity index (χ4v) is 2.38. The van der Waals surface area contributed by atoms with E-state index < -0.39 is 0 Å². The number of fused-ring (bicyclic) bond motifs is 1. The van der Waals surface area contributed by atoms with Gasteiger partial charge in [-0.05, 0) is 32.1 Å². The van der Waals surface area contributed by atoms with E-state index in [9.17, 15) is 4.79 Å². The van der Waals surface area contributed by atoms with E-state index in [1.165, 1.54) is 12.8 Å². The third-order valence-corrected chi connectivity index (χ3v) is 3.46. The fourth-order valence-electron chi connectivity index (χ4n) is 2.38. The predicted molar refractivity (Wildman–Crippen MR) is 64.4 cm³/mol. The van der Waals surface area contributed by atoms with Crippen LogP contribution in [0.5, 0.6) is 0 Å². The van der Waals surface area contributed by atoms with Crippen LogP contribution in [0, 0.1) is 5.92 Å². The summed E-state index contributed by atoms with van der Waals surface area (Å²) in [6, 6.07) is 0. The monoisotopic (exact) mass is 239 g/mol. The van der Waals surface area contributed by atoms with Crippen molar-refractivity contribution >= 4 is 5.91 Å². The highest BCUT2D eigenvalue weighted by molar-refractivity contribution is 5.91. The van der Waals surface area contributed by atoms with Gasteiger partial charge < -0.3 is 14.4 Å². The number of amides is 1. The number of hydrogen-bond acceptors (Lipinski definition) is 3. The summed E-state index contributed by atoms with van der Waals surface area (Å²) in [6.07, 6.45) is 4.49. The summed E-state index contributed by atoms with van der Waals surface area (Å²) in [4.78, 5) is 13.1. The van der Waals surface area contributed by atoms with E-state index in [4.69, 9.17) is 9.47 Å². The first kappa shape index (κ1) is 12.6. The number of hydrogen-bond donors (Lipinski definition) is 0. The zero-order chi connectivity index (χ0) is 12.4. The first-order chi connectivity index (χ1) is 8.08. The van der Waals surface area contributed by atoms with Gasteiger partial charge in [-0.25, -0.2) is 0 Å². The molecule has 0 spiro atoms. The van der Waals surface area contributed by atoms with Crippen molar-refractivity contribution in [1.82, 2.24) is 4.90 Å². The smallest absolute Gasteiger partial charge is 0.250 e. The lowest BCUT2D eigenvalue weighted by Gasteiger charge is -2.22. The number of likely N-dealkylation sites (N-methyl/N-ethyl adjacent to an activating group) is 1. The van der Waals surface area contributed by atoms with E-state index >= 15 is 0 Å². The Morgan fingerprint density at radius 2 is 2.24 bits per heavy atom. The highest BCUT2D eigenvalue weighted by Crippen LogP contribution is 2.39. The molecule has 1 heterocycles. The van der Waals surface area contributed by atoms with Crippen molar-refractivity contribution in [3.63, 3.8) is 0 Å². The van der Waals surface area contributed by atoms with Crippen LogP contribution in [-0.4, -0.2) is 43.4 Å². The van der Waals surface area contributed by atoms with Gasteiger partial charge in [0.2, 0.25) is 5.91 Å². The van der Waals surface area contributed by atoms with Gasteiger partial charge in [-0.2, -0.15) is 0 Å². The van der Waals surface area contributed by atoms with Crippen LogP contribution in [0.1, 0.15) is 26.2 Å². The zero-order valence-corrected chi connectivity index (χ0v) is 10.6. The van der Waals surface area contributed by atoms with Gasteiger partial charge in [0.05, 0.1) is 18.8 Å². The molecule has 0 radical (unpaired) electrons. The molecule has 0 aromatic rings. The molecule has 1 saturated heterocycles. The molecule has 3 atom stereocenters. The molecule has 2 rings (SSSR count). The Morgan fingerprint density at radius 3 is 2.88 bits per heavy atom. The van der Waals surface area contributed by atoms with Crippen LogP contribution in [0.4, 0.5) is 0 Å². The molecular formula is C13H21NO3. The SMILES string of the molecule is C=C(C)C(=O)N(C)COCC1CCC2OC2C1. The minimum Gasteiger partial charge on any atom is -0.370 e. The summed E-state index contributed by atoms with van der Waals surface area (Å²) in [6.45, 7) is 6.41. The van der Waals surface area contributed by atoms with Crippen molar-refractivity contribution in [3.8, 4) is 0 Å². The summed E-state index contributed by atoms with van der Waals surface area (Å²) in [5.74, 6) is 0.534. The minimum atomic E-state index is -0.0563. The first-order valence-electron chi connectivity index (χ1n) is 6.22. The quantitative estimate of drug-likeness (QED) is 0.415. The third kappa shape index (κ3) is 3.30. The largest absolute Gasteiger partial charge is 0.370 e. The molecule has 0 N–H and O–H groups in total. The predicted octanol–water partition coefficient (Wildman–Crippen LogP) is 1.56. The van der Waals surface area contributed by atoms with Gasteiger partial charge in [-0.15, -0.1) is 0 Å². The number of rotatable bonds is 5. The molecule has 1 amide bonds. The summed E-state index contributed by atoms with van der Waals surface area (Å²) in [5.41, 5.74) is 0.544. The average Bonchev–Trinajstić information content (AvgIpc) is 3.05. The molecule has 17 heavy (non-hydrogen) atoms. The Kier molecular flexibility index (Phi) is 3.84. The Morgan fingerprint density at radius 1 is 1.47 bits per heavy atom. The zero-order valence-electron chi connectivity index (χ0n) is 10.6. The van der Waals surface area contributed by atoms with Crippen molar-refractivity contribution in [2.45, 2.75) is 38.4 Å². The van der Waals surface area contributed by atoms with Crippen LogP contribution in [0.25, 0.3) is 0 Å². The standard InChI is InChI=1S/C13H21NO3/c1-9(2)13(15)14(3)8-16-7-10-4-5-11-12(6-10)17-11/h10-12H,1,4-8H2,2-3H3. The number of nitrogens with zero attached hydrogens (tertiary/aromatic N) is 1. The second kappa shape index (κ2) is 5.19. The summed E-state index contributed by atoms with van der Waals surface area (Å²) in [7, 11) is 1.73. The molecule has 0 aromatic carbocycles. The van der Waals surface area contributed by atoms with Crippen LogP contribution in [0.2, 0.25) is 0 Å². The average molecular weight is 239 g/mol. The van der Waals surface area contributed by atoms with Crippen molar-refractivity contribution in [2.24, 2.45) is 5.92 Å². The lowest BCUT2D eigenvalue weighted by molar-refractivity contribution is -0.131. The maximum atomic E-state index is 11.5. The molecule has 1 aliphatic carbocycles. The minimum absolute atomic E-state index is 0.0563. The molecule has 0 aromatic heterocycles. The van der Waals surface area contributed by atoms with Crippen LogP contribution < -0.4 is 0 Å². The molecule has 3 unspecified atom stereocenters. The maximum Gasteiger partial charge on any atom is 0.250 e. The van der Waals surface area contributed by atoms with Gasteiger partial charge >= 0.3 is 0 Å². The lowest BCUT2D eigenvalue weighted by atomic mass is 9.90. The normalized spacial score (nSPS) is 30.6. The Bertz CT molecular complexity index is 316. The van der Waals surface area contributed by atoms with Gasteiger partial charge in [0.25, 0.3) is 0 Å². The summed E-state index contributed by atoms with van der Waals surface area (Å²) in [5, 5.41) is 0.